The molecule has 1 unspecified atom stereocenters. The SMILES string of the molecule is CCCCCC=CCCCC(CCCC=CCCCCC)C(CCCC=CCCCCC)OS(C)(=O)=O. The van der Waals surface area contributed by atoms with Crippen LogP contribution in [0.1, 0.15) is 156 Å². The quantitative estimate of drug-likeness (QED) is 0.0593. The number of allylic oxidation sites excluding steroid dienone is 6. The average Bonchev–Trinajstić information content (AvgIpc) is 2.86. The fraction of sp³-hybridized carbons (Fsp3) is 0.818. The summed E-state index contributed by atoms with van der Waals surface area (Å²) in [5.41, 5.74) is 0. The normalized spacial score (nSPS) is 14.4. The molecule has 37 heavy (non-hydrogen) atoms. The van der Waals surface area contributed by atoms with Crippen LogP contribution in [-0.4, -0.2) is 20.8 Å². The summed E-state index contributed by atoms with van der Waals surface area (Å²) < 4.78 is 30.0. The van der Waals surface area contributed by atoms with Crippen LogP contribution in [0.4, 0.5) is 0 Å². The molecule has 0 heterocycles. The van der Waals surface area contributed by atoms with E-state index in [0.29, 0.717) is 5.92 Å². The molecule has 0 saturated heterocycles. The predicted octanol–water partition coefficient (Wildman–Crippen LogP) is 10.9. The standard InChI is InChI=1S/C33H62O3S/c1-5-8-11-14-17-20-23-26-29-32(30-27-24-21-18-15-12-9-6-2)33(36-37(4,34)35)31-28-25-22-19-16-13-10-7-3/h17-22,32-33H,5-16,23-31H2,1-4H3. The summed E-state index contributed by atoms with van der Waals surface area (Å²) in [6.07, 6.45) is 39.1. The first-order chi connectivity index (χ1) is 17.9. The van der Waals surface area contributed by atoms with Crippen LogP contribution < -0.4 is 0 Å². The number of hydrogen-bond donors (Lipinski definition) is 0. The maximum Gasteiger partial charge on any atom is 0.264 e. The summed E-state index contributed by atoms with van der Waals surface area (Å²) in [4.78, 5) is 0. The van der Waals surface area contributed by atoms with Gasteiger partial charge in [-0.2, -0.15) is 8.42 Å². The smallest absolute Gasteiger partial charge is 0.264 e. The van der Waals surface area contributed by atoms with E-state index in [-0.39, 0.29) is 6.10 Å². The summed E-state index contributed by atoms with van der Waals surface area (Å²) in [6.45, 7) is 6.71. The monoisotopic (exact) mass is 538 g/mol. The molecule has 0 aromatic rings. The van der Waals surface area contributed by atoms with Crippen molar-refractivity contribution in [1.82, 2.24) is 0 Å². The first-order valence-corrected chi connectivity index (χ1v) is 17.6. The summed E-state index contributed by atoms with van der Waals surface area (Å²) >= 11 is 0. The summed E-state index contributed by atoms with van der Waals surface area (Å²) in [5.74, 6) is 0.297. The molecule has 0 aliphatic rings. The molecule has 0 bridgehead atoms. The fourth-order valence-electron chi connectivity index (χ4n) is 4.78. The minimum Gasteiger partial charge on any atom is -0.267 e. The lowest BCUT2D eigenvalue weighted by Gasteiger charge is -2.26. The topological polar surface area (TPSA) is 43.4 Å². The van der Waals surface area contributed by atoms with E-state index in [1.807, 2.05) is 0 Å². The molecule has 0 N–H and O–H groups in total. The van der Waals surface area contributed by atoms with E-state index in [1.54, 1.807) is 0 Å². The highest BCUT2D eigenvalue weighted by atomic mass is 32.2. The van der Waals surface area contributed by atoms with Crippen molar-refractivity contribution in [1.29, 1.82) is 0 Å². The lowest BCUT2D eigenvalue weighted by molar-refractivity contribution is 0.116. The minimum absolute atomic E-state index is 0.203. The largest absolute Gasteiger partial charge is 0.267 e. The second kappa shape index (κ2) is 26.7. The van der Waals surface area contributed by atoms with E-state index >= 15 is 0 Å². The summed E-state index contributed by atoms with van der Waals surface area (Å²) in [5, 5.41) is 0. The Labute approximate surface area is 232 Å². The van der Waals surface area contributed by atoms with Gasteiger partial charge in [-0.05, 0) is 102 Å². The molecular weight excluding hydrogens is 476 g/mol. The molecule has 1 atom stereocenters. The van der Waals surface area contributed by atoms with E-state index in [0.717, 1.165) is 64.2 Å². The van der Waals surface area contributed by atoms with Crippen molar-refractivity contribution in [2.75, 3.05) is 6.26 Å². The van der Waals surface area contributed by atoms with Gasteiger partial charge in [-0.1, -0.05) is 95.8 Å². The molecule has 0 radical (unpaired) electrons. The molecule has 0 fully saturated rings. The Bertz CT molecular complexity index is 637. The minimum atomic E-state index is -3.47. The Morgan fingerprint density at radius 3 is 1.16 bits per heavy atom. The van der Waals surface area contributed by atoms with Gasteiger partial charge in [-0.15, -0.1) is 0 Å². The highest BCUT2D eigenvalue weighted by molar-refractivity contribution is 7.86. The highest BCUT2D eigenvalue weighted by Crippen LogP contribution is 2.27. The van der Waals surface area contributed by atoms with Gasteiger partial charge in [0, 0.05) is 0 Å². The molecule has 0 aromatic heterocycles. The summed E-state index contributed by atoms with van der Waals surface area (Å²) in [7, 11) is -3.47. The molecular formula is C33H62O3S. The molecule has 4 heteroatoms. The molecule has 0 aliphatic carbocycles. The van der Waals surface area contributed by atoms with Crippen LogP contribution in [0.2, 0.25) is 0 Å². The van der Waals surface area contributed by atoms with E-state index in [2.05, 4.69) is 57.2 Å². The Balaban J connectivity index is 4.88. The second-order valence-corrected chi connectivity index (χ2v) is 12.4. The molecule has 0 amide bonds. The Kier molecular flexibility index (Phi) is 26.1. The zero-order chi connectivity index (χ0) is 27.5. The zero-order valence-corrected chi connectivity index (χ0v) is 25.9. The van der Waals surface area contributed by atoms with Gasteiger partial charge in [-0.25, -0.2) is 0 Å². The van der Waals surface area contributed by atoms with Crippen LogP contribution in [0.3, 0.4) is 0 Å². The van der Waals surface area contributed by atoms with E-state index < -0.39 is 10.1 Å². The molecule has 3 nitrogen and oxygen atoms in total. The lowest BCUT2D eigenvalue weighted by atomic mass is 9.88. The molecule has 0 aromatic carbocycles. The average molecular weight is 539 g/mol. The third-order valence-electron chi connectivity index (χ3n) is 7.00. The van der Waals surface area contributed by atoms with Gasteiger partial charge in [0.15, 0.2) is 0 Å². The van der Waals surface area contributed by atoms with Crippen molar-refractivity contribution in [2.45, 2.75) is 162 Å². The van der Waals surface area contributed by atoms with Crippen LogP contribution in [0.15, 0.2) is 36.5 Å². The van der Waals surface area contributed by atoms with E-state index in [9.17, 15) is 8.42 Å². The first-order valence-electron chi connectivity index (χ1n) is 15.8. The van der Waals surface area contributed by atoms with Crippen molar-refractivity contribution in [3.05, 3.63) is 36.5 Å². The van der Waals surface area contributed by atoms with Crippen molar-refractivity contribution in [2.24, 2.45) is 5.92 Å². The van der Waals surface area contributed by atoms with Crippen LogP contribution in [0, 0.1) is 5.92 Å². The maximum atomic E-state index is 12.1. The summed E-state index contributed by atoms with van der Waals surface area (Å²) in [6, 6.07) is 0. The number of hydrogen-bond acceptors (Lipinski definition) is 3. The van der Waals surface area contributed by atoms with Crippen LogP contribution in [0.25, 0.3) is 0 Å². The highest BCUT2D eigenvalue weighted by Gasteiger charge is 2.25. The first kappa shape index (κ1) is 36.1. The van der Waals surface area contributed by atoms with Gasteiger partial charge >= 0.3 is 0 Å². The van der Waals surface area contributed by atoms with Gasteiger partial charge in [0.2, 0.25) is 0 Å². The van der Waals surface area contributed by atoms with Crippen molar-refractivity contribution in [3.63, 3.8) is 0 Å². The Morgan fingerprint density at radius 1 is 0.514 bits per heavy atom. The Hall–Kier alpha value is -0.870. The van der Waals surface area contributed by atoms with Gasteiger partial charge < -0.3 is 0 Å². The van der Waals surface area contributed by atoms with Gasteiger partial charge in [-0.3, -0.25) is 4.18 Å². The zero-order valence-electron chi connectivity index (χ0n) is 25.1. The number of rotatable bonds is 27. The maximum absolute atomic E-state index is 12.1. The van der Waals surface area contributed by atoms with E-state index in [1.165, 1.54) is 76.9 Å². The fourth-order valence-corrected chi connectivity index (χ4v) is 5.48. The third kappa shape index (κ3) is 26.5. The molecule has 218 valence electrons. The molecule has 0 aliphatic heterocycles. The lowest BCUT2D eigenvalue weighted by Crippen LogP contribution is -2.27. The number of unbranched alkanes of at least 4 members (excludes halogenated alkanes) is 12. The van der Waals surface area contributed by atoms with Gasteiger partial charge in [0.05, 0.1) is 12.4 Å². The molecule has 0 spiro atoms. The predicted molar refractivity (Wildman–Crippen MR) is 165 cm³/mol. The van der Waals surface area contributed by atoms with Crippen LogP contribution in [-0.2, 0) is 14.3 Å². The molecule has 0 rings (SSSR count). The van der Waals surface area contributed by atoms with Crippen LogP contribution in [0.5, 0.6) is 0 Å². The Morgan fingerprint density at radius 2 is 0.838 bits per heavy atom. The van der Waals surface area contributed by atoms with Gasteiger partial charge in [0.1, 0.15) is 0 Å². The third-order valence-corrected chi connectivity index (χ3v) is 7.59. The second-order valence-electron chi connectivity index (χ2n) is 10.8. The van der Waals surface area contributed by atoms with Crippen LogP contribution >= 0.6 is 0 Å². The molecule has 0 saturated carbocycles. The van der Waals surface area contributed by atoms with Crippen molar-refractivity contribution in [3.8, 4) is 0 Å². The van der Waals surface area contributed by atoms with Crippen molar-refractivity contribution >= 4 is 10.1 Å². The van der Waals surface area contributed by atoms with E-state index in [4.69, 9.17) is 4.18 Å². The van der Waals surface area contributed by atoms with Gasteiger partial charge in [0.25, 0.3) is 10.1 Å². The van der Waals surface area contributed by atoms with Crippen molar-refractivity contribution < 1.29 is 12.6 Å².